The molecule has 2 rings (SSSR count). The van der Waals surface area contributed by atoms with Crippen LogP contribution in [0.25, 0.3) is 0 Å². The highest BCUT2D eigenvalue weighted by Crippen LogP contribution is 2.20. The van der Waals surface area contributed by atoms with E-state index in [9.17, 15) is 14.9 Å². The Morgan fingerprint density at radius 2 is 1.76 bits per heavy atom. The summed E-state index contributed by atoms with van der Waals surface area (Å²) in [5.74, 6) is -3.90. The Morgan fingerprint density at radius 3 is 2.20 bits per heavy atom. The lowest BCUT2D eigenvalue weighted by Gasteiger charge is -2.30. The molecule has 0 bridgehead atoms. The highest BCUT2D eigenvalue weighted by Gasteiger charge is 2.23. The summed E-state index contributed by atoms with van der Waals surface area (Å²) in [5.41, 5.74) is 6.32. The zero-order chi connectivity index (χ0) is 19.0. The maximum atomic E-state index is 11.1. The van der Waals surface area contributed by atoms with Gasteiger partial charge in [-0.2, -0.15) is 0 Å². The molecule has 25 heavy (non-hydrogen) atoms. The van der Waals surface area contributed by atoms with E-state index in [1.54, 1.807) is 12.1 Å². The maximum Gasteiger partial charge on any atom is 0.414 e. The van der Waals surface area contributed by atoms with Crippen LogP contribution < -0.4 is 5.73 Å². The van der Waals surface area contributed by atoms with Gasteiger partial charge in [0.15, 0.2) is 0 Å². The number of aliphatic carboxylic acids is 2. The molecule has 1 heterocycles. The second-order valence-corrected chi connectivity index (χ2v) is 5.49. The number of nitrogens with zero attached hydrogens (tertiary/aromatic N) is 2. The van der Waals surface area contributed by atoms with Crippen LogP contribution in [0.2, 0.25) is 0 Å². The van der Waals surface area contributed by atoms with E-state index in [4.69, 9.17) is 25.5 Å². The third-order valence-corrected chi connectivity index (χ3v) is 3.70. The normalized spacial score (nSPS) is 14.9. The Bertz CT molecular complexity index is 642. The van der Waals surface area contributed by atoms with Crippen LogP contribution >= 0.6 is 0 Å². The molecule has 0 radical (unpaired) electrons. The van der Waals surface area contributed by atoms with Gasteiger partial charge in [0, 0.05) is 24.6 Å². The largest absolute Gasteiger partial charge is 0.473 e. The SMILES string of the molecule is NC(=O)C1CCN(Cc2cccc([N+](=O)[O-])c2)CC1.O=C(O)C(=O)O. The number of likely N-dealkylation sites (tertiary alicyclic amines) is 1. The number of hydrogen-bond acceptors (Lipinski definition) is 6. The molecule has 1 amide bonds. The highest BCUT2D eigenvalue weighted by atomic mass is 16.6. The number of piperidine rings is 1. The molecule has 0 aromatic heterocycles. The Balaban J connectivity index is 0.000000450. The van der Waals surface area contributed by atoms with Crippen molar-refractivity contribution in [1.82, 2.24) is 4.90 Å². The first-order chi connectivity index (χ1) is 11.7. The molecule has 1 saturated heterocycles. The summed E-state index contributed by atoms with van der Waals surface area (Å²) < 4.78 is 0. The molecule has 10 heteroatoms. The van der Waals surface area contributed by atoms with Gasteiger partial charge in [0.25, 0.3) is 5.69 Å². The summed E-state index contributed by atoms with van der Waals surface area (Å²) in [4.78, 5) is 41.8. The zero-order valence-corrected chi connectivity index (χ0v) is 13.3. The molecule has 1 aromatic carbocycles. The van der Waals surface area contributed by atoms with Gasteiger partial charge in [-0.3, -0.25) is 19.8 Å². The van der Waals surface area contributed by atoms with Crippen molar-refractivity contribution in [3.8, 4) is 0 Å². The highest BCUT2D eigenvalue weighted by molar-refractivity contribution is 6.27. The van der Waals surface area contributed by atoms with Crippen molar-refractivity contribution in [3.05, 3.63) is 39.9 Å². The van der Waals surface area contributed by atoms with Crippen molar-refractivity contribution in [2.24, 2.45) is 11.7 Å². The minimum atomic E-state index is -1.82. The molecular weight excluding hydrogens is 334 g/mol. The number of benzene rings is 1. The van der Waals surface area contributed by atoms with E-state index in [1.807, 2.05) is 6.07 Å². The van der Waals surface area contributed by atoms with Crippen molar-refractivity contribution in [1.29, 1.82) is 0 Å². The molecule has 4 N–H and O–H groups in total. The maximum absolute atomic E-state index is 11.1. The first-order valence-electron chi connectivity index (χ1n) is 7.42. The molecule has 1 aliphatic heterocycles. The third-order valence-electron chi connectivity index (χ3n) is 3.70. The van der Waals surface area contributed by atoms with Crippen LogP contribution in [0.1, 0.15) is 18.4 Å². The van der Waals surface area contributed by atoms with Gasteiger partial charge in [0.05, 0.1) is 4.92 Å². The average Bonchev–Trinajstić information content (AvgIpc) is 2.56. The molecule has 1 aliphatic rings. The molecule has 0 spiro atoms. The van der Waals surface area contributed by atoms with Crippen molar-refractivity contribution >= 4 is 23.5 Å². The Labute approximate surface area is 143 Å². The number of amides is 1. The molecule has 1 aromatic rings. The number of nitrogens with two attached hydrogens (primary N) is 1. The Kier molecular flexibility index (Phi) is 7.47. The number of nitro benzene ring substituents is 1. The van der Waals surface area contributed by atoms with Gasteiger partial charge in [0.1, 0.15) is 0 Å². The first-order valence-corrected chi connectivity index (χ1v) is 7.42. The third kappa shape index (κ3) is 6.96. The van der Waals surface area contributed by atoms with E-state index >= 15 is 0 Å². The van der Waals surface area contributed by atoms with E-state index in [1.165, 1.54) is 6.07 Å². The van der Waals surface area contributed by atoms with Gasteiger partial charge in [-0.1, -0.05) is 12.1 Å². The Hall–Kier alpha value is -3.01. The molecule has 0 saturated carbocycles. The molecule has 136 valence electrons. The van der Waals surface area contributed by atoms with Crippen LogP contribution in [0.4, 0.5) is 5.69 Å². The van der Waals surface area contributed by atoms with E-state index in [0.29, 0.717) is 6.54 Å². The predicted molar refractivity (Wildman–Crippen MR) is 85.6 cm³/mol. The second-order valence-electron chi connectivity index (χ2n) is 5.49. The average molecular weight is 353 g/mol. The summed E-state index contributed by atoms with van der Waals surface area (Å²) in [7, 11) is 0. The van der Waals surface area contributed by atoms with E-state index in [2.05, 4.69) is 4.90 Å². The van der Waals surface area contributed by atoms with Crippen LogP contribution in [0.3, 0.4) is 0 Å². The van der Waals surface area contributed by atoms with Crippen LogP contribution in [0.15, 0.2) is 24.3 Å². The van der Waals surface area contributed by atoms with Gasteiger partial charge >= 0.3 is 11.9 Å². The molecule has 0 aliphatic carbocycles. The van der Waals surface area contributed by atoms with Gasteiger partial charge in [-0.15, -0.1) is 0 Å². The van der Waals surface area contributed by atoms with Crippen molar-refractivity contribution in [2.45, 2.75) is 19.4 Å². The number of carbonyl (C=O) groups is 3. The number of nitro groups is 1. The molecule has 1 fully saturated rings. The fourth-order valence-electron chi connectivity index (χ4n) is 2.40. The lowest BCUT2D eigenvalue weighted by atomic mass is 9.96. The van der Waals surface area contributed by atoms with Crippen LogP contribution in [-0.2, 0) is 20.9 Å². The molecule has 0 atom stereocenters. The quantitative estimate of drug-likeness (QED) is 0.399. The lowest BCUT2D eigenvalue weighted by Crippen LogP contribution is -2.38. The van der Waals surface area contributed by atoms with Crippen molar-refractivity contribution in [3.63, 3.8) is 0 Å². The molecule has 0 unspecified atom stereocenters. The van der Waals surface area contributed by atoms with Gasteiger partial charge in [-0.25, -0.2) is 9.59 Å². The fraction of sp³-hybridized carbons (Fsp3) is 0.400. The number of primary amides is 1. The minimum absolute atomic E-state index is 0.0265. The zero-order valence-electron chi connectivity index (χ0n) is 13.3. The van der Waals surface area contributed by atoms with E-state index < -0.39 is 11.9 Å². The first kappa shape index (κ1) is 20.0. The summed E-state index contributed by atoms with van der Waals surface area (Å²) in [6.45, 7) is 2.28. The van der Waals surface area contributed by atoms with E-state index in [-0.39, 0.29) is 22.4 Å². The van der Waals surface area contributed by atoms with E-state index in [0.717, 1.165) is 31.5 Å². The van der Waals surface area contributed by atoms with Gasteiger partial charge in [-0.05, 0) is 31.5 Å². The Morgan fingerprint density at radius 1 is 1.20 bits per heavy atom. The van der Waals surface area contributed by atoms with Gasteiger partial charge < -0.3 is 15.9 Å². The molecular formula is C15H19N3O7. The summed E-state index contributed by atoms with van der Waals surface area (Å²) in [6.07, 6.45) is 1.54. The number of non-ortho nitro benzene ring substituents is 1. The molecule has 10 nitrogen and oxygen atoms in total. The number of hydrogen-bond donors (Lipinski definition) is 3. The van der Waals surface area contributed by atoms with Crippen LogP contribution in [0.5, 0.6) is 0 Å². The summed E-state index contributed by atoms with van der Waals surface area (Å²) in [6, 6.07) is 6.67. The number of carboxylic acid groups (broad SMARTS) is 2. The number of rotatable bonds is 4. The predicted octanol–water partition coefficient (Wildman–Crippen LogP) is 0.448. The van der Waals surface area contributed by atoms with Gasteiger partial charge in [0.2, 0.25) is 5.91 Å². The van der Waals surface area contributed by atoms with Crippen molar-refractivity contribution in [2.75, 3.05) is 13.1 Å². The summed E-state index contributed by atoms with van der Waals surface area (Å²) in [5, 5.41) is 25.5. The van der Waals surface area contributed by atoms with Crippen LogP contribution in [-0.4, -0.2) is 51.0 Å². The standard InChI is InChI=1S/C13H17N3O3.C2H2O4/c14-13(17)11-4-6-15(7-5-11)9-10-2-1-3-12(8-10)16(18)19;3-1(4)2(5)6/h1-3,8,11H,4-7,9H2,(H2,14,17);(H,3,4)(H,5,6). The van der Waals surface area contributed by atoms with Crippen molar-refractivity contribution < 1.29 is 29.5 Å². The number of carboxylic acids is 2. The lowest BCUT2D eigenvalue weighted by molar-refractivity contribution is -0.384. The number of carbonyl (C=O) groups excluding carboxylic acids is 1. The topological polar surface area (TPSA) is 164 Å². The summed E-state index contributed by atoms with van der Waals surface area (Å²) >= 11 is 0. The minimum Gasteiger partial charge on any atom is -0.473 e. The van der Waals surface area contributed by atoms with Crippen LogP contribution in [0, 0.1) is 16.0 Å². The smallest absolute Gasteiger partial charge is 0.414 e. The second kappa shape index (κ2) is 9.33. The fourth-order valence-corrected chi connectivity index (χ4v) is 2.40. The monoisotopic (exact) mass is 353 g/mol.